The third-order valence-electron chi connectivity index (χ3n) is 3.37. The molecule has 1 N–H and O–H groups in total. The summed E-state index contributed by atoms with van der Waals surface area (Å²) < 4.78 is 0.641. The number of anilines is 1. The van der Waals surface area contributed by atoms with Crippen molar-refractivity contribution in [1.82, 2.24) is 9.88 Å². The summed E-state index contributed by atoms with van der Waals surface area (Å²) in [5, 5.41) is 20.1. The molecule has 0 atom stereocenters. The van der Waals surface area contributed by atoms with Gasteiger partial charge >= 0.3 is 5.69 Å². The van der Waals surface area contributed by atoms with Crippen molar-refractivity contribution < 1.29 is 10.0 Å². The summed E-state index contributed by atoms with van der Waals surface area (Å²) in [5.41, 5.74) is 0.617. The third-order valence-corrected chi connectivity index (χ3v) is 3.95. The van der Waals surface area contributed by atoms with Crippen LogP contribution in [0.15, 0.2) is 16.9 Å². The Bertz CT molecular complexity index is 486. The summed E-state index contributed by atoms with van der Waals surface area (Å²) in [6.45, 7) is 3.92. The second-order valence-electron chi connectivity index (χ2n) is 4.65. The lowest BCUT2D eigenvalue weighted by Crippen LogP contribution is -2.32. The third kappa shape index (κ3) is 3.44. The predicted octanol–water partition coefficient (Wildman–Crippen LogP) is 1.26. The molecular weight excluding hydrogens is 328 g/mol. The number of halogens is 1. The topological polar surface area (TPSA) is 82.7 Å². The number of aliphatic hydroxyl groups is 1. The number of aliphatic hydroxyl groups excluding tert-OH is 1. The highest BCUT2D eigenvalue weighted by atomic mass is 79.9. The predicted molar refractivity (Wildman–Crippen MR) is 78.9 cm³/mol. The lowest BCUT2D eigenvalue weighted by Gasteiger charge is -2.23. The van der Waals surface area contributed by atoms with Crippen molar-refractivity contribution in [2.24, 2.45) is 0 Å². The minimum absolute atomic E-state index is 0.0231. The van der Waals surface area contributed by atoms with Crippen LogP contribution in [0.1, 0.15) is 6.42 Å². The van der Waals surface area contributed by atoms with Gasteiger partial charge in [-0.3, -0.25) is 20.0 Å². The van der Waals surface area contributed by atoms with Gasteiger partial charge in [0.05, 0.1) is 16.0 Å². The highest BCUT2D eigenvalue weighted by Crippen LogP contribution is 2.35. The van der Waals surface area contributed by atoms with E-state index in [0.29, 0.717) is 23.2 Å². The van der Waals surface area contributed by atoms with Crippen molar-refractivity contribution >= 4 is 27.3 Å². The van der Waals surface area contributed by atoms with Crippen molar-refractivity contribution in [3.05, 3.63) is 27.0 Å². The van der Waals surface area contributed by atoms with Crippen molar-refractivity contribution in [2.45, 2.75) is 6.42 Å². The fraction of sp³-hybridized carbons (Fsp3) is 0.583. The van der Waals surface area contributed by atoms with Crippen LogP contribution in [0.5, 0.6) is 0 Å². The second kappa shape index (κ2) is 6.96. The Labute approximate surface area is 125 Å². The molecule has 0 bridgehead atoms. The Morgan fingerprint density at radius 3 is 2.85 bits per heavy atom. The second-order valence-corrected chi connectivity index (χ2v) is 5.51. The fourth-order valence-electron chi connectivity index (χ4n) is 2.42. The molecule has 8 heteroatoms. The van der Waals surface area contributed by atoms with Crippen LogP contribution in [0.25, 0.3) is 0 Å². The lowest BCUT2D eigenvalue weighted by molar-refractivity contribution is -0.384. The van der Waals surface area contributed by atoms with Gasteiger partial charge in [0.15, 0.2) is 0 Å². The van der Waals surface area contributed by atoms with E-state index in [1.165, 1.54) is 6.20 Å². The largest absolute Gasteiger partial charge is 0.395 e. The van der Waals surface area contributed by atoms with Gasteiger partial charge in [0, 0.05) is 32.4 Å². The number of nitro groups is 1. The molecule has 2 heterocycles. The molecule has 0 saturated carbocycles. The van der Waals surface area contributed by atoms with E-state index in [1.807, 2.05) is 4.90 Å². The first-order chi connectivity index (χ1) is 9.63. The van der Waals surface area contributed by atoms with E-state index >= 15 is 0 Å². The molecule has 7 nitrogen and oxygen atoms in total. The first kappa shape index (κ1) is 15.1. The van der Waals surface area contributed by atoms with Crippen LogP contribution in [0, 0.1) is 10.1 Å². The molecule has 1 aromatic heterocycles. The monoisotopic (exact) mass is 344 g/mol. The molecule has 0 aromatic carbocycles. The average Bonchev–Trinajstić information content (AvgIpc) is 2.64. The number of pyridine rings is 1. The van der Waals surface area contributed by atoms with Crippen LogP contribution in [0.4, 0.5) is 11.4 Å². The normalized spacial score (nSPS) is 17.0. The zero-order chi connectivity index (χ0) is 14.5. The SMILES string of the molecule is O=[N+]([O-])c1cncc(Br)c1N1CCCN(CCO)CC1. The minimum Gasteiger partial charge on any atom is -0.395 e. The summed E-state index contributed by atoms with van der Waals surface area (Å²) in [5.74, 6) is 0. The number of rotatable bonds is 4. The van der Waals surface area contributed by atoms with Crippen LogP contribution in [0.3, 0.4) is 0 Å². The molecule has 1 fully saturated rings. The maximum Gasteiger partial charge on any atom is 0.311 e. The van der Waals surface area contributed by atoms with E-state index in [9.17, 15) is 10.1 Å². The highest BCUT2D eigenvalue weighted by molar-refractivity contribution is 9.10. The van der Waals surface area contributed by atoms with Gasteiger partial charge in [-0.1, -0.05) is 0 Å². The van der Waals surface area contributed by atoms with Crippen LogP contribution < -0.4 is 4.90 Å². The molecule has 0 radical (unpaired) electrons. The van der Waals surface area contributed by atoms with Crippen molar-refractivity contribution in [3.8, 4) is 0 Å². The number of hydrogen-bond donors (Lipinski definition) is 1. The van der Waals surface area contributed by atoms with Crippen molar-refractivity contribution in [1.29, 1.82) is 0 Å². The first-order valence-corrected chi connectivity index (χ1v) is 7.29. The minimum atomic E-state index is -0.399. The van der Waals surface area contributed by atoms with Crippen LogP contribution >= 0.6 is 15.9 Å². The molecule has 1 aromatic rings. The molecule has 0 unspecified atom stereocenters. The number of aromatic nitrogens is 1. The van der Waals surface area contributed by atoms with Crippen LogP contribution in [-0.2, 0) is 0 Å². The summed E-state index contributed by atoms with van der Waals surface area (Å²) in [7, 11) is 0. The Balaban J connectivity index is 2.21. The lowest BCUT2D eigenvalue weighted by atomic mass is 10.3. The average molecular weight is 345 g/mol. The van der Waals surface area contributed by atoms with E-state index in [2.05, 4.69) is 25.8 Å². The van der Waals surface area contributed by atoms with E-state index < -0.39 is 4.92 Å². The Morgan fingerprint density at radius 2 is 2.15 bits per heavy atom. The maximum atomic E-state index is 11.1. The standard InChI is InChI=1S/C12H17BrN4O3/c13-10-8-14-9-11(17(19)20)12(10)16-3-1-2-15(4-5-16)6-7-18/h8-9,18H,1-7H2. The summed E-state index contributed by atoms with van der Waals surface area (Å²) in [4.78, 5) is 18.8. The number of β-amino-alcohol motifs (C(OH)–C–C–N with tert-alkyl or cyclic N) is 1. The molecular formula is C12H17BrN4O3. The fourth-order valence-corrected chi connectivity index (χ4v) is 3.00. The van der Waals surface area contributed by atoms with E-state index in [-0.39, 0.29) is 12.3 Å². The van der Waals surface area contributed by atoms with Crippen LogP contribution in [-0.4, -0.2) is 59.2 Å². The van der Waals surface area contributed by atoms with Crippen LogP contribution in [0.2, 0.25) is 0 Å². The first-order valence-electron chi connectivity index (χ1n) is 6.49. The molecule has 1 aliphatic rings. The van der Waals surface area contributed by atoms with Gasteiger partial charge in [-0.15, -0.1) is 0 Å². The number of hydrogen-bond acceptors (Lipinski definition) is 6. The summed E-state index contributed by atoms with van der Waals surface area (Å²) in [6.07, 6.45) is 3.78. The van der Waals surface area contributed by atoms with Gasteiger partial charge in [-0.2, -0.15) is 0 Å². The molecule has 2 rings (SSSR count). The maximum absolute atomic E-state index is 11.1. The van der Waals surface area contributed by atoms with Gasteiger partial charge in [-0.25, -0.2) is 0 Å². The van der Waals surface area contributed by atoms with E-state index in [1.54, 1.807) is 6.20 Å². The van der Waals surface area contributed by atoms with Crippen molar-refractivity contribution in [2.75, 3.05) is 44.2 Å². The molecule has 0 aliphatic carbocycles. The van der Waals surface area contributed by atoms with E-state index in [0.717, 1.165) is 26.1 Å². The molecule has 0 amide bonds. The zero-order valence-electron chi connectivity index (χ0n) is 11.0. The quantitative estimate of drug-likeness (QED) is 0.653. The van der Waals surface area contributed by atoms with Crippen molar-refractivity contribution in [3.63, 3.8) is 0 Å². The summed E-state index contributed by atoms with van der Waals surface area (Å²) >= 11 is 3.36. The van der Waals surface area contributed by atoms with E-state index in [4.69, 9.17) is 5.11 Å². The van der Waals surface area contributed by atoms with Gasteiger partial charge in [0.2, 0.25) is 0 Å². The Hall–Kier alpha value is -1.25. The van der Waals surface area contributed by atoms with Gasteiger partial charge in [0.25, 0.3) is 0 Å². The molecule has 1 saturated heterocycles. The Morgan fingerprint density at radius 1 is 1.35 bits per heavy atom. The van der Waals surface area contributed by atoms with Gasteiger partial charge in [0.1, 0.15) is 11.9 Å². The summed E-state index contributed by atoms with van der Waals surface area (Å²) in [6, 6.07) is 0. The molecule has 1 aliphatic heterocycles. The highest BCUT2D eigenvalue weighted by Gasteiger charge is 2.24. The molecule has 20 heavy (non-hydrogen) atoms. The van der Waals surface area contributed by atoms with Gasteiger partial charge < -0.3 is 10.0 Å². The number of nitrogens with zero attached hydrogens (tertiary/aromatic N) is 4. The van der Waals surface area contributed by atoms with Gasteiger partial charge in [-0.05, 0) is 28.9 Å². The zero-order valence-corrected chi connectivity index (χ0v) is 12.6. The molecule has 110 valence electrons. The molecule has 0 spiro atoms. The smallest absolute Gasteiger partial charge is 0.311 e. The Kier molecular flexibility index (Phi) is 5.27.